The van der Waals surface area contributed by atoms with E-state index in [2.05, 4.69) is 40.7 Å². The third kappa shape index (κ3) is 2.21. The van der Waals surface area contributed by atoms with Crippen molar-refractivity contribution in [2.75, 3.05) is 30.4 Å². The first-order valence-corrected chi connectivity index (χ1v) is 7.06. The molecule has 4 heteroatoms. The molecule has 3 rings (SSSR count). The molecule has 0 spiro atoms. The van der Waals surface area contributed by atoms with Gasteiger partial charge in [0.05, 0.1) is 0 Å². The van der Waals surface area contributed by atoms with Crippen LogP contribution in [0.5, 0.6) is 0 Å². The summed E-state index contributed by atoms with van der Waals surface area (Å²) in [5.41, 5.74) is 3.24. The summed E-state index contributed by atoms with van der Waals surface area (Å²) >= 11 is 0. The largest absolute Gasteiger partial charge is 0.371 e. The first-order valence-electron chi connectivity index (χ1n) is 7.06. The van der Waals surface area contributed by atoms with Crippen molar-refractivity contribution in [3.8, 4) is 0 Å². The minimum absolute atomic E-state index is 0.0432. The van der Waals surface area contributed by atoms with Crippen LogP contribution in [0.15, 0.2) is 18.2 Å². The summed E-state index contributed by atoms with van der Waals surface area (Å²) in [5.74, 6) is 0.795. The van der Waals surface area contributed by atoms with E-state index < -0.39 is 0 Å². The minimum atomic E-state index is -0.204. The van der Waals surface area contributed by atoms with E-state index >= 15 is 0 Å². The molecule has 0 bridgehead atoms. The first-order chi connectivity index (χ1) is 9.19. The molecule has 2 aliphatic rings. The molecule has 2 unspecified atom stereocenters. The monoisotopic (exact) mass is 259 g/mol. The standard InChI is InChI=1S/C15H21N3O/c1-10-4-3-7-18(9-10)11-5-6-12-13(8-11)17-15(19)14(12)16-2/h5-6,8,10,14,16H,3-4,7,9H2,1-2H3,(H,17,19). The van der Waals surface area contributed by atoms with Gasteiger partial charge >= 0.3 is 0 Å². The van der Waals surface area contributed by atoms with Gasteiger partial charge in [-0.2, -0.15) is 0 Å². The molecule has 0 aliphatic carbocycles. The maximum Gasteiger partial charge on any atom is 0.246 e. The fourth-order valence-corrected chi connectivity index (χ4v) is 3.16. The Kier molecular flexibility index (Phi) is 3.19. The molecule has 1 aromatic carbocycles. The van der Waals surface area contributed by atoms with Crippen LogP contribution in [0.4, 0.5) is 11.4 Å². The molecule has 1 amide bonds. The Bertz CT molecular complexity index is 500. The molecule has 0 radical (unpaired) electrons. The van der Waals surface area contributed by atoms with Gasteiger partial charge in [-0.3, -0.25) is 4.79 Å². The SMILES string of the molecule is CNC1C(=O)Nc2cc(N3CCCC(C)C3)ccc21. The molecule has 2 atom stereocenters. The quantitative estimate of drug-likeness (QED) is 0.855. The molecule has 0 aromatic heterocycles. The predicted octanol–water partition coefficient (Wildman–Crippen LogP) is 2.14. The van der Waals surface area contributed by atoms with Crippen LogP contribution in [0, 0.1) is 5.92 Å². The van der Waals surface area contributed by atoms with E-state index in [1.54, 1.807) is 0 Å². The van der Waals surface area contributed by atoms with Crippen molar-refractivity contribution >= 4 is 17.3 Å². The lowest BCUT2D eigenvalue weighted by atomic mass is 9.99. The second-order valence-corrected chi connectivity index (χ2v) is 5.68. The summed E-state index contributed by atoms with van der Waals surface area (Å²) in [7, 11) is 1.82. The van der Waals surface area contributed by atoms with Crippen molar-refractivity contribution in [1.29, 1.82) is 0 Å². The number of carbonyl (C=O) groups is 1. The maximum atomic E-state index is 11.8. The molecule has 2 aliphatic heterocycles. The molecular formula is C15H21N3O. The van der Waals surface area contributed by atoms with Gasteiger partial charge in [-0.25, -0.2) is 0 Å². The lowest BCUT2D eigenvalue weighted by molar-refractivity contribution is -0.117. The minimum Gasteiger partial charge on any atom is -0.371 e. The van der Waals surface area contributed by atoms with Crippen molar-refractivity contribution in [3.63, 3.8) is 0 Å². The molecule has 0 saturated carbocycles. The zero-order valence-corrected chi connectivity index (χ0v) is 11.6. The highest BCUT2D eigenvalue weighted by Gasteiger charge is 2.29. The third-order valence-electron chi connectivity index (χ3n) is 4.18. The number of piperidine rings is 1. The highest BCUT2D eigenvalue weighted by molar-refractivity contribution is 6.03. The van der Waals surface area contributed by atoms with Crippen LogP contribution in [0.1, 0.15) is 31.4 Å². The number of hydrogen-bond acceptors (Lipinski definition) is 3. The van der Waals surface area contributed by atoms with E-state index in [-0.39, 0.29) is 11.9 Å². The van der Waals surface area contributed by atoms with Gasteiger partial charge in [0.25, 0.3) is 0 Å². The van der Waals surface area contributed by atoms with Gasteiger partial charge in [-0.15, -0.1) is 0 Å². The number of fused-ring (bicyclic) bond motifs is 1. The zero-order valence-electron chi connectivity index (χ0n) is 11.6. The lowest BCUT2D eigenvalue weighted by Crippen LogP contribution is -2.34. The average molecular weight is 259 g/mol. The van der Waals surface area contributed by atoms with E-state index in [0.717, 1.165) is 30.3 Å². The van der Waals surface area contributed by atoms with E-state index in [9.17, 15) is 4.79 Å². The molecule has 2 heterocycles. The van der Waals surface area contributed by atoms with Crippen LogP contribution in [0.2, 0.25) is 0 Å². The molecule has 1 saturated heterocycles. The van der Waals surface area contributed by atoms with Gasteiger partial charge in [-0.05, 0) is 37.9 Å². The van der Waals surface area contributed by atoms with Crippen LogP contribution in [0.25, 0.3) is 0 Å². The van der Waals surface area contributed by atoms with Crippen LogP contribution < -0.4 is 15.5 Å². The van der Waals surface area contributed by atoms with Gasteiger partial charge in [0.2, 0.25) is 5.91 Å². The number of nitrogens with zero attached hydrogens (tertiary/aromatic N) is 1. The van der Waals surface area contributed by atoms with Gasteiger partial charge < -0.3 is 15.5 Å². The summed E-state index contributed by atoms with van der Waals surface area (Å²) in [6.07, 6.45) is 2.57. The Hall–Kier alpha value is -1.55. The van der Waals surface area contributed by atoms with E-state index in [4.69, 9.17) is 0 Å². The van der Waals surface area contributed by atoms with Crippen LogP contribution in [-0.2, 0) is 4.79 Å². The summed E-state index contributed by atoms with van der Waals surface area (Å²) in [6, 6.07) is 6.12. The number of likely N-dealkylation sites (N-methyl/N-ethyl adjacent to an activating group) is 1. The Balaban J connectivity index is 1.86. The summed E-state index contributed by atoms with van der Waals surface area (Å²) in [4.78, 5) is 14.2. The van der Waals surface area contributed by atoms with E-state index in [0.29, 0.717) is 0 Å². The number of amides is 1. The number of benzene rings is 1. The molecule has 19 heavy (non-hydrogen) atoms. The number of hydrogen-bond donors (Lipinski definition) is 2. The van der Waals surface area contributed by atoms with Crippen molar-refractivity contribution in [3.05, 3.63) is 23.8 Å². The van der Waals surface area contributed by atoms with Crippen molar-refractivity contribution in [2.24, 2.45) is 5.92 Å². The Labute approximate surface area is 114 Å². The Morgan fingerprint density at radius 3 is 3.00 bits per heavy atom. The van der Waals surface area contributed by atoms with Crippen LogP contribution >= 0.6 is 0 Å². The van der Waals surface area contributed by atoms with Crippen molar-refractivity contribution < 1.29 is 4.79 Å². The predicted molar refractivity (Wildman–Crippen MR) is 77.5 cm³/mol. The molecule has 102 valence electrons. The third-order valence-corrected chi connectivity index (χ3v) is 4.18. The normalized spacial score (nSPS) is 26.2. The second kappa shape index (κ2) is 4.85. The fraction of sp³-hybridized carbons (Fsp3) is 0.533. The summed E-state index contributed by atoms with van der Waals surface area (Å²) in [5, 5.41) is 6.01. The highest BCUT2D eigenvalue weighted by atomic mass is 16.2. The topological polar surface area (TPSA) is 44.4 Å². The van der Waals surface area contributed by atoms with E-state index in [1.807, 2.05) is 7.05 Å². The molecule has 2 N–H and O–H groups in total. The number of carbonyl (C=O) groups excluding carboxylic acids is 1. The van der Waals surface area contributed by atoms with Crippen LogP contribution in [0.3, 0.4) is 0 Å². The van der Waals surface area contributed by atoms with Crippen molar-refractivity contribution in [2.45, 2.75) is 25.8 Å². The zero-order chi connectivity index (χ0) is 13.4. The molecule has 1 fully saturated rings. The maximum absolute atomic E-state index is 11.8. The Morgan fingerprint density at radius 2 is 2.26 bits per heavy atom. The van der Waals surface area contributed by atoms with Crippen molar-refractivity contribution in [1.82, 2.24) is 5.32 Å². The van der Waals surface area contributed by atoms with Gasteiger partial charge in [0, 0.05) is 30.0 Å². The van der Waals surface area contributed by atoms with Gasteiger partial charge in [0.1, 0.15) is 6.04 Å². The number of rotatable bonds is 2. The van der Waals surface area contributed by atoms with E-state index in [1.165, 1.54) is 18.5 Å². The number of nitrogens with one attached hydrogen (secondary N) is 2. The summed E-state index contributed by atoms with van der Waals surface area (Å²) in [6.45, 7) is 4.53. The second-order valence-electron chi connectivity index (χ2n) is 5.68. The first kappa shape index (κ1) is 12.5. The van der Waals surface area contributed by atoms with Gasteiger partial charge in [-0.1, -0.05) is 13.0 Å². The fourth-order valence-electron chi connectivity index (χ4n) is 3.16. The van der Waals surface area contributed by atoms with Gasteiger partial charge in [0.15, 0.2) is 0 Å². The smallest absolute Gasteiger partial charge is 0.246 e. The molecular weight excluding hydrogens is 238 g/mol. The average Bonchev–Trinajstić information content (AvgIpc) is 2.72. The van der Waals surface area contributed by atoms with Crippen LogP contribution in [-0.4, -0.2) is 26.0 Å². The summed E-state index contributed by atoms with van der Waals surface area (Å²) < 4.78 is 0. The Morgan fingerprint density at radius 1 is 1.42 bits per heavy atom. The highest BCUT2D eigenvalue weighted by Crippen LogP contribution is 2.34. The molecule has 1 aromatic rings. The molecule has 4 nitrogen and oxygen atoms in total. The number of anilines is 2. The lowest BCUT2D eigenvalue weighted by Gasteiger charge is -2.33.